The van der Waals surface area contributed by atoms with E-state index in [4.69, 9.17) is 5.73 Å². The normalized spacial score (nSPS) is 19.6. The van der Waals surface area contributed by atoms with E-state index in [2.05, 4.69) is 37.2 Å². The summed E-state index contributed by atoms with van der Waals surface area (Å²) < 4.78 is 1.59. The number of nitrogen functional groups attached to an aromatic ring is 1. The van der Waals surface area contributed by atoms with Crippen LogP contribution in [0.3, 0.4) is 0 Å². The minimum Gasteiger partial charge on any atom is -0.399 e. The molecule has 0 aromatic heterocycles. The van der Waals surface area contributed by atoms with E-state index in [0.717, 1.165) is 33.2 Å². The number of rotatable bonds is 2. The molecule has 1 aliphatic rings. The molecule has 0 bridgehead atoms. The second-order valence-corrected chi connectivity index (χ2v) is 7.22. The van der Waals surface area contributed by atoms with Crippen LogP contribution < -0.4 is 11.1 Å². The first kappa shape index (κ1) is 14.2. The van der Waals surface area contributed by atoms with Crippen LogP contribution in [0.4, 0.5) is 11.4 Å². The minimum atomic E-state index is 0.0649. The van der Waals surface area contributed by atoms with E-state index < -0.39 is 0 Å². The summed E-state index contributed by atoms with van der Waals surface area (Å²) in [6.45, 7) is 0. The number of hydrogen-bond donors (Lipinski definition) is 2. The molecule has 0 saturated carbocycles. The van der Waals surface area contributed by atoms with Gasteiger partial charge in [-0.2, -0.15) is 0 Å². The highest BCUT2D eigenvalue weighted by atomic mass is 79.9. The van der Waals surface area contributed by atoms with E-state index in [0.29, 0.717) is 5.69 Å². The Morgan fingerprint density at radius 3 is 2.56 bits per heavy atom. The standard InChI is InChI=1S/C12H14Br2N2OS/c13-8-5-7(15)6-9(14)11(8)16-12(17)10-3-1-2-4-18-10/h5-6,10H,1-4,15H2,(H,16,17). The highest BCUT2D eigenvalue weighted by Gasteiger charge is 2.23. The zero-order valence-corrected chi connectivity index (χ0v) is 13.7. The Bertz CT molecular complexity index is 438. The lowest BCUT2D eigenvalue weighted by atomic mass is 10.2. The molecule has 0 radical (unpaired) electrons. The van der Waals surface area contributed by atoms with Crippen molar-refractivity contribution in [3.63, 3.8) is 0 Å². The fourth-order valence-electron chi connectivity index (χ4n) is 1.86. The fourth-order valence-corrected chi connectivity index (χ4v) is 4.48. The molecule has 1 atom stereocenters. The summed E-state index contributed by atoms with van der Waals surface area (Å²) in [5.74, 6) is 1.15. The van der Waals surface area contributed by atoms with Crippen LogP contribution in [-0.4, -0.2) is 16.9 Å². The predicted molar refractivity (Wildman–Crippen MR) is 85.0 cm³/mol. The summed E-state index contributed by atoms with van der Waals surface area (Å²) in [6, 6.07) is 3.57. The molecular weight excluding hydrogens is 380 g/mol. The van der Waals surface area contributed by atoms with E-state index in [9.17, 15) is 4.79 Å². The number of thioether (sulfide) groups is 1. The lowest BCUT2D eigenvalue weighted by molar-refractivity contribution is -0.115. The topological polar surface area (TPSA) is 55.1 Å². The molecule has 3 N–H and O–H groups in total. The van der Waals surface area contributed by atoms with Gasteiger partial charge < -0.3 is 11.1 Å². The quantitative estimate of drug-likeness (QED) is 0.746. The first-order chi connectivity index (χ1) is 8.58. The van der Waals surface area contributed by atoms with Gasteiger partial charge in [0.15, 0.2) is 0 Å². The van der Waals surface area contributed by atoms with Gasteiger partial charge in [-0.1, -0.05) is 6.42 Å². The maximum atomic E-state index is 12.2. The summed E-state index contributed by atoms with van der Waals surface area (Å²) >= 11 is 8.58. The molecule has 2 rings (SSSR count). The first-order valence-electron chi connectivity index (χ1n) is 5.75. The molecule has 0 aliphatic carbocycles. The van der Waals surface area contributed by atoms with Gasteiger partial charge in [0.25, 0.3) is 0 Å². The number of hydrogen-bond acceptors (Lipinski definition) is 3. The Morgan fingerprint density at radius 2 is 2.00 bits per heavy atom. The van der Waals surface area contributed by atoms with Crippen LogP contribution in [0.5, 0.6) is 0 Å². The van der Waals surface area contributed by atoms with Crippen molar-refractivity contribution in [1.82, 2.24) is 0 Å². The number of anilines is 2. The van der Waals surface area contributed by atoms with E-state index in [1.807, 2.05) is 0 Å². The first-order valence-corrected chi connectivity index (χ1v) is 8.38. The van der Waals surface area contributed by atoms with Gasteiger partial charge in [0.05, 0.1) is 10.9 Å². The largest absolute Gasteiger partial charge is 0.399 e. The molecule has 1 aromatic carbocycles. The number of carbonyl (C=O) groups is 1. The van der Waals surface area contributed by atoms with Gasteiger partial charge in [-0.05, 0) is 62.6 Å². The molecule has 1 fully saturated rings. The van der Waals surface area contributed by atoms with E-state index in [-0.39, 0.29) is 11.2 Å². The number of halogens is 2. The van der Waals surface area contributed by atoms with Crippen LogP contribution in [0.15, 0.2) is 21.1 Å². The number of carbonyl (C=O) groups excluding carboxylic acids is 1. The number of benzene rings is 1. The molecule has 98 valence electrons. The second-order valence-electron chi connectivity index (χ2n) is 4.20. The fraction of sp³-hybridized carbons (Fsp3) is 0.417. The Labute approximate surface area is 128 Å². The van der Waals surface area contributed by atoms with Gasteiger partial charge in [0.2, 0.25) is 5.91 Å². The van der Waals surface area contributed by atoms with Crippen LogP contribution in [-0.2, 0) is 4.79 Å². The van der Waals surface area contributed by atoms with E-state index >= 15 is 0 Å². The Hall–Kier alpha value is -0.200. The van der Waals surface area contributed by atoms with Gasteiger partial charge in [-0.3, -0.25) is 4.79 Å². The van der Waals surface area contributed by atoms with Gasteiger partial charge >= 0.3 is 0 Å². The van der Waals surface area contributed by atoms with Crippen LogP contribution >= 0.6 is 43.6 Å². The van der Waals surface area contributed by atoms with Crippen molar-refractivity contribution in [3.05, 3.63) is 21.1 Å². The second kappa shape index (κ2) is 6.30. The third kappa shape index (κ3) is 3.42. The number of nitrogens with one attached hydrogen (secondary N) is 1. The Morgan fingerprint density at radius 1 is 1.33 bits per heavy atom. The average Bonchev–Trinajstić information content (AvgIpc) is 2.34. The van der Waals surface area contributed by atoms with Crippen LogP contribution in [0.25, 0.3) is 0 Å². The smallest absolute Gasteiger partial charge is 0.237 e. The van der Waals surface area contributed by atoms with E-state index in [1.165, 1.54) is 6.42 Å². The molecule has 1 saturated heterocycles. The summed E-state index contributed by atoms with van der Waals surface area (Å²) in [6.07, 6.45) is 3.31. The highest BCUT2D eigenvalue weighted by Crippen LogP contribution is 2.34. The van der Waals surface area contributed by atoms with E-state index in [1.54, 1.807) is 23.9 Å². The summed E-state index contributed by atoms with van der Waals surface area (Å²) in [5.41, 5.74) is 7.13. The molecule has 1 unspecified atom stereocenters. The van der Waals surface area contributed by atoms with Crippen molar-refractivity contribution in [2.24, 2.45) is 0 Å². The van der Waals surface area contributed by atoms with Crippen molar-refractivity contribution in [1.29, 1.82) is 0 Å². The van der Waals surface area contributed by atoms with Gasteiger partial charge in [-0.25, -0.2) is 0 Å². The van der Waals surface area contributed by atoms with Gasteiger partial charge in [0, 0.05) is 14.6 Å². The molecule has 3 nitrogen and oxygen atoms in total. The summed E-state index contributed by atoms with van der Waals surface area (Å²) in [7, 11) is 0. The van der Waals surface area contributed by atoms with Crippen LogP contribution in [0.2, 0.25) is 0 Å². The number of nitrogens with two attached hydrogens (primary N) is 1. The Balaban J connectivity index is 2.11. The van der Waals surface area contributed by atoms with Crippen molar-refractivity contribution in [3.8, 4) is 0 Å². The summed E-state index contributed by atoms with van der Waals surface area (Å²) in [5, 5.41) is 3.03. The third-order valence-electron chi connectivity index (χ3n) is 2.78. The number of amides is 1. The zero-order chi connectivity index (χ0) is 13.1. The van der Waals surface area contributed by atoms with Crippen molar-refractivity contribution in [2.75, 3.05) is 16.8 Å². The molecule has 1 aromatic rings. The molecular formula is C12H14Br2N2OS. The monoisotopic (exact) mass is 392 g/mol. The van der Waals surface area contributed by atoms with Gasteiger partial charge in [-0.15, -0.1) is 11.8 Å². The lowest BCUT2D eigenvalue weighted by Crippen LogP contribution is -2.27. The van der Waals surface area contributed by atoms with Gasteiger partial charge in [0.1, 0.15) is 0 Å². The van der Waals surface area contributed by atoms with Crippen molar-refractivity contribution >= 4 is 60.9 Å². The molecule has 18 heavy (non-hydrogen) atoms. The molecule has 6 heteroatoms. The highest BCUT2D eigenvalue weighted by molar-refractivity contribution is 9.11. The zero-order valence-electron chi connectivity index (χ0n) is 9.71. The molecule has 1 amide bonds. The molecule has 1 aliphatic heterocycles. The predicted octanol–water partition coefficient (Wildman–Crippen LogP) is 4.02. The minimum absolute atomic E-state index is 0.0649. The lowest BCUT2D eigenvalue weighted by Gasteiger charge is -2.21. The van der Waals surface area contributed by atoms with Crippen LogP contribution in [0.1, 0.15) is 19.3 Å². The van der Waals surface area contributed by atoms with Crippen LogP contribution in [0, 0.1) is 0 Å². The third-order valence-corrected chi connectivity index (χ3v) is 5.41. The maximum Gasteiger partial charge on any atom is 0.237 e. The maximum absolute atomic E-state index is 12.2. The van der Waals surface area contributed by atoms with Crippen molar-refractivity contribution in [2.45, 2.75) is 24.5 Å². The molecule has 0 spiro atoms. The molecule has 1 heterocycles. The average molecular weight is 394 g/mol. The summed E-state index contributed by atoms with van der Waals surface area (Å²) in [4.78, 5) is 12.2. The SMILES string of the molecule is Nc1cc(Br)c(NC(=O)C2CCCCS2)c(Br)c1. The Kier molecular flexibility index (Phi) is 4.98. The van der Waals surface area contributed by atoms with Crippen molar-refractivity contribution < 1.29 is 4.79 Å².